The van der Waals surface area contributed by atoms with Crippen molar-refractivity contribution >= 4 is 21.8 Å². The van der Waals surface area contributed by atoms with E-state index in [9.17, 15) is 13.2 Å². The van der Waals surface area contributed by atoms with Crippen molar-refractivity contribution in [3.63, 3.8) is 0 Å². The van der Waals surface area contributed by atoms with Crippen LogP contribution >= 0.6 is 0 Å². The third-order valence-corrected chi connectivity index (χ3v) is 5.80. The third kappa shape index (κ3) is 4.73. The second kappa shape index (κ2) is 7.88. The first kappa shape index (κ1) is 19.3. The first-order valence-corrected chi connectivity index (χ1v) is 9.70. The molecule has 0 N–H and O–H groups in total. The van der Waals surface area contributed by atoms with Gasteiger partial charge in [0, 0.05) is 25.7 Å². The molecule has 0 radical (unpaired) electrons. The molecular weight excluding hydrogens is 344 g/mol. The van der Waals surface area contributed by atoms with E-state index in [0.717, 1.165) is 0 Å². The van der Waals surface area contributed by atoms with Crippen LogP contribution in [0.3, 0.4) is 0 Å². The van der Waals surface area contributed by atoms with Crippen molar-refractivity contribution in [3.05, 3.63) is 29.8 Å². The smallest absolute Gasteiger partial charge is 0.261 e. The number of benzene rings is 1. The molecule has 1 aliphatic rings. The topological polar surface area (TPSA) is 76.1 Å². The molecular formula is C17H24N2O5S. The summed E-state index contributed by atoms with van der Waals surface area (Å²) in [4.78, 5) is 12.6. The molecule has 138 valence electrons. The molecule has 0 saturated carbocycles. The molecule has 8 heteroatoms. The molecule has 1 fully saturated rings. The fourth-order valence-electron chi connectivity index (χ4n) is 2.88. The Morgan fingerprint density at radius 1 is 1.24 bits per heavy atom. The summed E-state index contributed by atoms with van der Waals surface area (Å²) in [7, 11) is 3.49. The number of hydrogen-bond donors (Lipinski definition) is 0. The van der Waals surface area contributed by atoms with E-state index < -0.39 is 9.84 Å². The van der Waals surface area contributed by atoms with E-state index >= 15 is 0 Å². The number of nitrogens with zero attached hydrogens (tertiary/aromatic N) is 2. The third-order valence-electron chi connectivity index (χ3n) is 4.05. The fraction of sp³-hybridized carbons (Fsp3) is 0.471. The molecule has 1 heterocycles. The zero-order valence-electron chi connectivity index (χ0n) is 14.9. The second-order valence-electron chi connectivity index (χ2n) is 6.03. The number of hydrogen-bond acceptors (Lipinski definition) is 6. The minimum atomic E-state index is -3.08. The summed E-state index contributed by atoms with van der Waals surface area (Å²) in [5.74, 6) is 1.09. The van der Waals surface area contributed by atoms with Crippen molar-refractivity contribution in [1.82, 2.24) is 10.0 Å². The van der Waals surface area contributed by atoms with Crippen molar-refractivity contribution in [2.75, 3.05) is 39.8 Å². The van der Waals surface area contributed by atoms with Gasteiger partial charge in [-0.15, -0.1) is 0 Å². The highest BCUT2D eigenvalue weighted by Crippen LogP contribution is 2.25. The summed E-state index contributed by atoms with van der Waals surface area (Å²) in [5.41, 5.74) is 0.702. The Morgan fingerprint density at radius 2 is 1.96 bits per heavy atom. The lowest BCUT2D eigenvalue weighted by atomic mass is 10.1. The zero-order valence-corrected chi connectivity index (χ0v) is 15.7. The van der Waals surface area contributed by atoms with E-state index in [2.05, 4.69) is 0 Å². The van der Waals surface area contributed by atoms with E-state index in [-0.39, 0.29) is 23.5 Å². The first-order chi connectivity index (χ1) is 11.8. The Hall–Kier alpha value is -2.06. The van der Waals surface area contributed by atoms with Gasteiger partial charge in [0.25, 0.3) is 5.91 Å². The molecule has 0 aliphatic carbocycles. The monoisotopic (exact) mass is 368 g/mol. The quantitative estimate of drug-likeness (QED) is 0.555. The van der Waals surface area contributed by atoms with Gasteiger partial charge in [0.1, 0.15) is 11.5 Å². The predicted octanol–water partition coefficient (Wildman–Crippen LogP) is 1.21. The lowest BCUT2D eigenvalue weighted by Crippen LogP contribution is -2.48. The maximum atomic E-state index is 12.6. The highest BCUT2D eigenvalue weighted by atomic mass is 32.2. The van der Waals surface area contributed by atoms with Gasteiger partial charge in [-0.3, -0.25) is 9.80 Å². The van der Waals surface area contributed by atoms with Crippen molar-refractivity contribution in [2.45, 2.75) is 12.5 Å². The van der Waals surface area contributed by atoms with E-state index in [4.69, 9.17) is 9.47 Å². The Labute approximate surface area is 148 Å². The van der Waals surface area contributed by atoms with Crippen molar-refractivity contribution in [1.29, 1.82) is 0 Å². The zero-order chi connectivity index (χ0) is 18.6. The van der Waals surface area contributed by atoms with Crippen LogP contribution in [0.4, 0.5) is 0 Å². The molecule has 1 unspecified atom stereocenters. The number of rotatable bonds is 6. The van der Waals surface area contributed by atoms with E-state index in [1.165, 1.54) is 11.1 Å². The van der Waals surface area contributed by atoms with Crippen LogP contribution < -0.4 is 9.47 Å². The summed E-state index contributed by atoms with van der Waals surface area (Å²) in [6, 6.07) is 4.95. The van der Waals surface area contributed by atoms with Gasteiger partial charge in [-0.2, -0.15) is 0 Å². The van der Waals surface area contributed by atoms with Crippen molar-refractivity contribution in [3.8, 4) is 11.5 Å². The standard InChI is InChI=1S/C17H24N2O5S/c1-18(2)19(14-9-10-25(21,22)12-14)17(20)8-5-13-11-15(23-3)6-7-16(13)24-4/h5-8,11,14H,9-10,12H2,1-4H3/b8-5+. The summed E-state index contributed by atoms with van der Waals surface area (Å²) in [6.45, 7) is 0. The lowest BCUT2D eigenvalue weighted by molar-refractivity contribution is -0.143. The summed E-state index contributed by atoms with van der Waals surface area (Å²) >= 11 is 0. The summed E-state index contributed by atoms with van der Waals surface area (Å²) in [6.07, 6.45) is 3.51. The minimum Gasteiger partial charge on any atom is -0.497 e. The molecule has 1 aromatic carbocycles. The van der Waals surface area contributed by atoms with Gasteiger partial charge in [-0.1, -0.05) is 0 Å². The van der Waals surface area contributed by atoms with E-state index in [1.807, 2.05) is 0 Å². The molecule has 7 nitrogen and oxygen atoms in total. The number of carbonyl (C=O) groups is 1. The van der Waals surface area contributed by atoms with Crippen LogP contribution in [0.25, 0.3) is 6.08 Å². The van der Waals surface area contributed by atoms with Crippen LogP contribution in [0.2, 0.25) is 0 Å². The number of amides is 1. The Balaban J connectivity index is 2.22. The van der Waals surface area contributed by atoms with Crippen molar-refractivity contribution in [2.24, 2.45) is 0 Å². The largest absolute Gasteiger partial charge is 0.497 e. The number of sulfone groups is 1. The number of carbonyl (C=O) groups excluding carboxylic acids is 1. The first-order valence-electron chi connectivity index (χ1n) is 7.88. The molecule has 1 saturated heterocycles. The average molecular weight is 368 g/mol. The van der Waals surface area contributed by atoms with Crippen LogP contribution in [-0.4, -0.2) is 70.2 Å². The van der Waals surface area contributed by atoms with E-state index in [1.54, 1.807) is 57.6 Å². The predicted molar refractivity (Wildman–Crippen MR) is 96.2 cm³/mol. The van der Waals surface area contributed by atoms with Gasteiger partial charge in [-0.05, 0) is 30.7 Å². The van der Waals surface area contributed by atoms with Crippen LogP contribution in [0.1, 0.15) is 12.0 Å². The maximum Gasteiger partial charge on any atom is 0.261 e. The average Bonchev–Trinajstić information content (AvgIpc) is 2.91. The lowest BCUT2D eigenvalue weighted by Gasteiger charge is -2.32. The summed E-state index contributed by atoms with van der Waals surface area (Å²) in [5, 5.41) is 3.11. The molecule has 1 aromatic rings. The van der Waals surface area contributed by atoms with Gasteiger partial charge in [-0.25, -0.2) is 13.4 Å². The Morgan fingerprint density at radius 3 is 2.48 bits per heavy atom. The van der Waals surface area contributed by atoms with Crippen LogP contribution in [0.15, 0.2) is 24.3 Å². The molecule has 1 aliphatic heterocycles. The highest BCUT2D eigenvalue weighted by molar-refractivity contribution is 7.91. The van der Waals surface area contributed by atoms with E-state index in [0.29, 0.717) is 23.5 Å². The van der Waals surface area contributed by atoms with Crippen LogP contribution in [0.5, 0.6) is 11.5 Å². The fourth-order valence-corrected chi connectivity index (χ4v) is 4.57. The molecule has 0 aromatic heterocycles. The SMILES string of the molecule is COc1ccc(OC)c(/C=C/C(=O)N(C2CCS(=O)(=O)C2)N(C)C)c1. The molecule has 0 bridgehead atoms. The van der Waals surface area contributed by atoms with Gasteiger partial charge in [0.15, 0.2) is 9.84 Å². The van der Waals surface area contributed by atoms with Crippen molar-refractivity contribution < 1.29 is 22.7 Å². The molecule has 1 atom stereocenters. The van der Waals surface area contributed by atoms with Gasteiger partial charge >= 0.3 is 0 Å². The van der Waals surface area contributed by atoms with Gasteiger partial charge in [0.2, 0.25) is 0 Å². The normalized spacial score (nSPS) is 19.3. The van der Waals surface area contributed by atoms with Crippen LogP contribution in [-0.2, 0) is 14.6 Å². The maximum absolute atomic E-state index is 12.6. The molecule has 2 rings (SSSR count). The molecule has 0 spiro atoms. The minimum absolute atomic E-state index is 0.00671. The number of ether oxygens (including phenoxy) is 2. The Kier molecular flexibility index (Phi) is 6.07. The number of hydrazine groups is 1. The summed E-state index contributed by atoms with van der Waals surface area (Å²) < 4.78 is 33.9. The Bertz CT molecular complexity index is 758. The number of methoxy groups -OCH3 is 2. The molecule has 25 heavy (non-hydrogen) atoms. The highest BCUT2D eigenvalue weighted by Gasteiger charge is 2.35. The van der Waals surface area contributed by atoms with Gasteiger partial charge in [0.05, 0.1) is 31.8 Å². The second-order valence-corrected chi connectivity index (χ2v) is 8.26. The molecule has 1 amide bonds. The van der Waals surface area contributed by atoms with Crippen LogP contribution in [0, 0.1) is 0 Å². The van der Waals surface area contributed by atoms with Gasteiger partial charge < -0.3 is 9.47 Å².